The molecule has 0 aliphatic carbocycles. The van der Waals surface area contributed by atoms with Gasteiger partial charge in [0.1, 0.15) is 17.3 Å². The van der Waals surface area contributed by atoms with Gasteiger partial charge in [-0.1, -0.05) is 47.2 Å². The number of benzene rings is 2. The van der Waals surface area contributed by atoms with E-state index in [1.165, 1.54) is 23.0 Å². The number of nitrogens with zero attached hydrogens (tertiary/aromatic N) is 2. The molecular formula is C27H21ClN2O5S. The minimum atomic E-state index is -0.694. The number of aromatic nitrogens is 1. The average molecular weight is 521 g/mol. The van der Waals surface area contributed by atoms with Crippen molar-refractivity contribution in [2.75, 3.05) is 14.2 Å². The van der Waals surface area contributed by atoms with Gasteiger partial charge in [-0.2, -0.15) is 0 Å². The molecule has 1 atom stereocenters. The third kappa shape index (κ3) is 4.29. The molecule has 5 rings (SSSR count). The van der Waals surface area contributed by atoms with Crippen LogP contribution in [0.1, 0.15) is 24.3 Å². The predicted octanol–water partition coefficient (Wildman–Crippen LogP) is 4.33. The molecule has 0 spiro atoms. The normalized spacial score (nSPS) is 15.4. The zero-order valence-corrected chi connectivity index (χ0v) is 21.2. The average Bonchev–Trinajstić information content (AvgIpc) is 3.47. The minimum Gasteiger partial charge on any atom is -0.497 e. The van der Waals surface area contributed by atoms with Crippen LogP contribution >= 0.6 is 22.9 Å². The van der Waals surface area contributed by atoms with Crippen LogP contribution in [0.5, 0.6) is 5.75 Å². The second-order valence-electron chi connectivity index (χ2n) is 8.06. The topological polar surface area (TPSA) is 83.0 Å². The molecule has 9 heteroatoms. The molecule has 1 aliphatic rings. The standard InChI is InChI=1S/C27H21ClN2O5S/c1-15-23(26(32)34-3)24(16-7-9-19(33-2)10-8-16)30-25(31)22(36-27(30)29-15)14-20-11-12-21(35-20)17-5-4-6-18(28)13-17/h4-14,24H,1-3H3/b22-14+/t24-/m0/s1. The van der Waals surface area contributed by atoms with E-state index in [0.29, 0.717) is 42.9 Å². The highest BCUT2D eigenvalue weighted by Gasteiger charge is 2.33. The Labute approximate surface area is 215 Å². The van der Waals surface area contributed by atoms with Crippen LogP contribution in [0.15, 0.2) is 86.1 Å². The number of hydrogen-bond acceptors (Lipinski definition) is 7. The maximum Gasteiger partial charge on any atom is 0.338 e. The van der Waals surface area contributed by atoms with Gasteiger partial charge < -0.3 is 13.9 Å². The highest BCUT2D eigenvalue weighted by atomic mass is 35.5. The summed E-state index contributed by atoms with van der Waals surface area (Å²) in [6, 6.07) is 17.5. The van der Waals surface area contributed by atoms with E-state index in [-0.39, 0.29) is 5.56 Å². The molecular weight excluding hydrogens is 500 g/mol. The lowest BCUT2D eigenvalue weighted by Crippen LogP contribution is -2.39. The second kappa shape index (κ2) is 9.64. The number of carbonyl (C=O) groups excluding carboxylic acids is 1. The smallest absolute Gasteiger partial charge is 0.338 e. The fraction of sp³-hybridized carbons (Fsp3) is 0.148. The quantitative estimate of drug-likeness (QED) is 0.366. The Kier molecular flexibility index (Phi) is 6.38. The van der Waals surface area contributed by atoms with Crippen LogP contribution in [-0.2, 0) is 9.53 Å². The first-order chi connectivity index (χ1) is 17.4. The van der Waals surface area contributed by atoms with E-state index in [0.717, 1.165) is 11.1 Å². The number of rotatable bonds is 5. The van der Waals surface area contributed by atoms with Crippen LogP contribution in [0.25, 0.3) is 17.4 Å². The third-order valence-corrected chi connectivity index (χ3v) is 7.09. The Bertz CT molecular complexity index is 1680. The van der Waals surface area contributed by atoms with E-state index in [1.807, 2.05) is 36.4 Å². The number of allylic oxidation sites excluding steroid dienone is 1. The monoisotopic (exact) mass is 520 g/mol. The number of fused-ring (bicyclic) bond motifs is 1. The molecule has 0 radical (unpaired) electrons. The number of furan rings is 1. The van der Waals surface area contributed by atoms with Gasteiger partial charge in [0.25, 0.3) is 5.56 Å². The molecule has 2 aromatic heterocycles. The maximum absolute atomic E-state index is 13.6. The summed E-state index contributed by atoms with van der Waals surface area (Å²) in [5.74, 6) is 1.28. The van der Waals surface area contributed by atoms with Crippen molar-refractivity contribution in [3.63, 3.8) is 0 Å². The van der Waals surface area contributed by atoms with Gasteiger partial charge in [-0.15, -0.1) is 0 Å². The Balaban J connectivity index is 1.64. The maximum atomic E-state index is 13.6. The van der Waals surface area contributed by atoms with Gasteiger partial charge >= 0.3 is 5.97 Å². The van der Waals surface area contributed by atoms with Crippen molar-refractivity contribution in [2.45, 2.75) is 13.0 Å². The molecule has 1 aliphatic heterocycles. The zero-order chi connectivity index (χ0) is 25.4. The van der Waals surface area contributed by atoms with Crippen LogP contribution < -0.4 is 19.6 Å². The molecule has 0 amide bonds. The fourth-order valence-electron chi connectivity index (χ4n) is 4.15. The summed E-state index contributed by atoms with van der Waals surface area (Å²) in [5, 5.41) is 0.606. The summed E-state index contributed by atoms with van der Waals surface area (Å²) >= 11 is 7.33. The van der Waals surface area contributed by atoms with Crippen molar-refractivity contribution in [3.8, 4) is 17.1 Å². The van der Waals surface area contributed by atoms with Crippen molar-refractivity contribution >= 4 is 35.0 Å². The molecule has 0 saturated heterocycles. The van der Waals surface area contributed by atoms with Gasteiger partial charge in [0.05, 0.1) is 36.1 Å². The lowest BCUT2D eigenvalue weighted by Gasteiger charge is -2.24. The summed E-state index contributed by atoms with van der Waals surface area (Å²) < 4.78 is 18.2. The molecule has 36 heavy (non-hydrogen) atoms. The van der Waals surface area contributed by atoms with E-state index in [2.05, 4.69) is 4.99 Å². The first kappa shape index (κ1) is 23.8. The van der Waals surface area contributed by atoms with Gasteiger partial charge in [0.2, 0.25) is 0 Å². The molecule has 0 N–H and O–H groups in total. The summed E-state index contributed by atoms with van der Waals surface area (Å²) in [6.45, 7) is 1.74. The number of ether oxygens (including phenoxy) is 2. The molecule has 0 fully saturated rings. The van der Waals surface area contributed by atoms with Crippen molar-refractivity contribution < 1.29 is 18.7 Å². The van der Waals surface area contributed by atoms with E-state index in [4.69, 9.17) is 25.5 Å². The van der Waals surface area contributed by atoms with Crippen LogP contribution in [0.2, 0.25) is 5.02 Å². The molecule has 0 bridgehead atoms. The van der Waals surface area contributed by atoms with Crippen molar-refractivity contribution in [3.05, 3.63) is 108 Å². The lowest BCUT2D eigenvalue weighted by atomic mass is 9.96. The summed E-state index contributed by atoms with van der Waals surface area (Å²) in [6.07, 6.45) is 1.68. The predicted molar refractivity (Wildman–Crippen MR) is 138 cm³/mol. The van der Waals surface area contributed by atoms with Gasteiger partial charge in [-0.25, -0.2) is 9.79 Å². The number of methoxy groups -OCH3 is 2. The SMILES string of the molecule is COC(=O)C1=C(C)N=c2s/c(=C/c3ccc(-c4cccc(Cl)c4)o3)c(=O)n2[C@H]1c1ccc(OC)cc1. The van der Waals surface area contributed by atoms with Crippen LogP contribution in [-0.4, -0.2) is 24.8 Å². The lowest BCUT2D eigenvalue weighted by molar-refractivity contribution is -0.136. The summed E-state index contributed by atoms with van der Waals surface area (Å²) in [7, 11) is 2.89. The fourth-order valence-corrected chi connectivity index (χ4v) is 5.37. The molecule has 0 saturated carbocycles. The Hall–Kier alpha value is -3.88. The summed E-state index contributed by atoms with van der Waals surface area (Å²) in [4.78, 5) is 31.4. The zero-order valence-electron chi connectivity index (χ0n) is 19.7. The van der Waals surface area contributed by atoms with E-state index in [9.17, 15) is 9.59 Å². The minimum absolute atomic E-state index is 0.283. The molecule has 182 valence electrons. The van der Waals surface area contributed by atoms with Crippen LogP contribution in [0, 0.1) is 0 Å². The third-order valence-electron chi connectivity index (χ3n) is 5.87. The first-order valence-electron chi connectivity index (χ1n) is 11.0. The molecule has 0 unspecified atom stereocenters. The van der Waals surface area contributed by atoms with Crippen LogP contribution in [0.4, 0.5) is 0 Å². The van der Waals surface area contributed by atoms with Gasteiger partial charge in [0, 0.05) is 16.7 Å². The van der Waals surface area contributed by atoms with E-state index < -0.39 is 12.0 Å². The summed E-state index contributed by atoms with van der Waals surface area (Å²) in [5.41, 5.74) is 2.09. The largest absolute Gasteiger partial charge is 0.497 e. The van der Waals surface area contributed by atoms with Crippen molar-refractivity contribution in [2.24, 2.45) is 4.99 Å². The van der Waals surface area contributed by atoms with E-state index in [1.54, 1.807) is 44.4 Å². The van der Waals surface area contributed by atoms with Crippen molar-refractivity contribution in [1.29, 1.82) is 0 Å². The number of halogens is 1. The number of thiazole rings is 1. The second-order valence-corrected chi connectivity index (χ2v) is 9.50. The number of hydrogen-bond donors (Lipinski definition) is 0. The molecule has 3 heterocycles. The van der Waals surface area contributed by atoms with Crippen LogP contribution in [0.3, 0.4) is 0 Å². The van der Waals surface area contributed by atoms with E-state index >= 15 is 0 Å². The molecule has 2 aromatic carbocycles. The number of esters is 1. The highest BCUT2D eigenvalue weighted by molar-refractivity contribution is 7.07. The highest BCUT2D eigenvalue weighted by Crippen LogP contribution is 2.31. The Morgan fingerprint density at radius 3 is 2.61 bits per heavy atom. The molecule has 7 nitrogen and oxygen atoms in total. The Morgan fingerprint density at radius 1 is 1.14 bits per heavy atom. The Morgan fingerprint density at radius 2 is 1.92 bits per heavy atom. The molecule has 4 aromatic rings. The number of carbonyl (C=O) groups is 1. The van der Waals surface area contributed by atoms with Gasteiger partial charge in [0.15, 0.2) is 4.80 Å². The first-order valence-corrected chi connectivity index (χ1v) is 12.2. The van der Waals surface area contributed by atoms with Gasteiger partial charge in [-0.05, 0) is 48.9 Å². The van der Waals surface area contributed by atoms with Crippen molar-refractivity contribution in [1.82, 2.24) is 4.57 Å². The van der Waals surface area contributed by atoms with Gasteiger partial charge in [-0.3, -0.25) is 9.36 Å².